The number of rotatable bonds is 4. The van der Waals surface area contributed by atoms with Crippen LogP contribution < -0.4 is 4.98 Å². The fraction of sp³-hybridized carbons (Fsp3) is 0.231. The molecule has 3 aromatic rings. The van der Waals surface area contributed by atoms with Gasteiger partial charge in [-0.3, -0.25) is 4.98 Å². The molecule has 96 valence electrons. The van der Waals surface area contributed by atoms with E-state index < -0.39 is 0 Å². The highest BCUT2D eigenvalue weighted by Crippen LogP contribution is 2.23. The molecule has 0 spiro atoms. The molecule has 3 aromatic heterocycles. The summed E-state index contributed by atoms with van der Waals surface area (Å²) in [6.07, 6.45) is 7.41. The molecule has 0 aliphatic carbocycles. The number of aromatic amines is 2. The van der Waals surface area contributed by atoms with E-state index in [1.54, 1.807) is 6.33 Å². The predicted molar refractivity (Wildman–Crippen MR) is 71.3 cm³/mol. The maximum absolute atomic E-state index is 5.34. The number of H-pyrrole nitrogens is 2. The van der Waals surface area contributed by atoms with Crippen molar-refractivity contribution in [2.24, 2.45) is 0 Å². The third kappa shape index (κ3) is 2.01. The number of ether oxygens (including phenoxy) is 1. The molecule has 0 saturated heterocycles. The summed E-state index contributed by atoms with van der Waals surface area (Å²) in [5.74, 6) is 0.869. The summed E-state index contributed by atoms with van der Waals surface area (Å²) in [5, 5.41) is 9.16. The molecule has 19 heavy (non-hydrogen) atoms. The monoisotopic (exact) mass is 256 g/mol. The SMILES string of the molecule is CCO/C(C)=C/C=C\c1nc2[nH+]c[nH]c3nnc1c32. The first-order valence-electron chi connectivity index (χ1n) is 6.12. The van der Waals surface area contributed by atoms with Crippen LogP contribution in [-0.4, -0.2) is 26.8 Å². The van der Waals surface area contributed by atoms with Crippen molar-refractivity contribution in [3.8, 4) is 0 Å². The van der Waals surface area contributed by atoms with Gasteiger partial charge in [0.05, 0.1) is 12.4 Å². The molecule has 0 fully saturated rings. The van der Waals surface area contributed by atoms with E-state index in [0.29, 0.717) is 6.61 Å². The number of nitrogens with one attached hydrogen (secondary N) is 2. The zero-order chi connectivity index (χ0) is 13.2. The minimum absolute atomic E-state index is 0.669. The van der Waals surface area contributed by atoms with Crippen LogP contribution in [-0.2, 0) is 4.74 Å². The van der Waals surface area contributed by atoms with Crippen molar-refractivity contribution in [3.05, 3.63) is 29.9 Å². The highest BCUT2D eigenvalue weighted by atomic mass is 16.5. The maximum atomic E-state index is 5.34. The Kier molecular flexibility index (Phi) is 2.83. The molecule has 0 bridgehead atoms. The second-order valence-corrected chi connectivity index (χ2v) is 4.12. The van der Waals surface area contributed by atoms with Crippen LogP contribution in [0.3, 0.4) is 0 Å². The molecule has 0 saturated carbocycles. The minimum atomic E-state index is 0.669. The van der Waals surface area contributed by atoms with Crippen molar-refractivity contribution >= 4 is 28.3 Å². The average molecular weight is 256 g/mol. The number of nitrogens with zero attached hydrogens (tertiary/aromatic N) is 3. The lowest BCUT2D eigenvalue weighted by atomic mass is 10.3. The molecule has 0 aliphatic rings. The third-order valence-corrected chi connectivity index (χ3v) is 2.81. The number of allylic oxidation sites excluding steroid dienone is 3. The summed E-state index contributed by atoms with van der Waals surface area (Å²) in [6, 6.07) is 0. The Morgan fingerprint density at radius 3 is 3.21 bits per heavy atom. The second-order valence-electron chi connectivity index (χ2n) is 4.12. The van der Waals surface area contributed by atoms with E-state index in [0.717, 1.165) is 33.7 Å². The van der Waals surface area contributed by atoms with Gasteiger partial charge in [0, 0.05) is 0 Å². The number of hydrogen-bond donors (Lipinski definition) is 1. The smallest absolute Gasteiger partial charge is 0.275 e. The van der Waals surface area contributed by atoms with Gasteiger partial charge in [-0.2, -0.15) is 0 Å². The molecule has 0 radical (unpaired) electrons. The Hall–Kier alpha value is -2.50. The first kappa shape index (κ1) is 11.6. The van der Waals surface area contributed by atoms with E-state index in [2.05, 4.69) is 25.1 Å². The molecule has 0 amide bonds. The Labute approximate surface area is 109 Å². The van der Waals surface area contributed by atoms with Crippen LogP contribution in [0.15, 0.2) is 24.2 Å². The summed E-state index contributed by atoms with van der Waals surface area (Å²) in [5.41, 5.74) is 3.14. The predicted octanol–water partition coefficient (Wildman–Crippen LogP) is 1.71. The summed E-state index contributed by atoms with van der Waals surface area (Å²) in [4.78, 5) is 10.5. The van der Waals surface area contributed by atoms with Crippen LogP contribution in [0.5, 0.6) is 0 Å². The normalized spacial score (nSPS) is 13.1. The Morgan fingerprint density at radius 1 is 1.47 bits per heavy atom. The molecule has 3 heterocycles. The summed E-state index contributed by atoms with van der Waals surface area (Å²) in [6.45, 7) is 4.55. The summed E-state index contributed by atoms with van der Waals surface area (Å²) >= 11 is 0. The van der Waals surface area contributed by atoms with Gasteiger partial charge in [0.1, 0.15) is 10.9 Å². The first-order chi connectivity index (χ1) is 9.29. The quantitative estimate of drug-likeness (QED) is 0.569. The zero-order valence-electron chi connectivity index (χ0n) is 10.8. The van der Waals surface area contributed by atoms with Gasteiger partial charge in [-0.15, -0.1) is 15.2 Å². The van der Waals surface area contributed by atoms with Gasteiger partial charge in [0.2, 0.25) is 5.65 Å². The Balaban J connectivity index is 1.97. The van der Waals surface area contributed by atoms with Gasteiger partial charge in [-0.25, -0.2) is 4.98 Å². The van der Waals surface area contributed by atoms with Gasteiger partial charge in [-0.05, 0) is 26.0 Å². The van der Waals surface area contributed by atoms with E-state index in [1.165, 1.54) is 0 Å². The Morgan fingerprint density at radius 2 is 2.37 bits per heavy atom. The molecule has 2 N–H and O–H groups in total. The molecule has 6 nitrogen and oxygen atoms in total. The van der Waals surface area contributed by atoms with Crippen molar-refractivity contribution in [1.29, 1.82) is 0 Å². The summed E-state index contributed by atoms with van der Waals surface area (Å²) < 4.78 is 5.34. The van der Waals surface area contributed by atoms with Crippen LogP contribution in [0.2, 0.25) is 0 Å². The largest absolute Gasteiger partial charge is 0.499 e. The van der Waals surface area contributed by atoms with Gasteiger partial charge in [-0.1, -0.05) is 6.08 Å². The van der Waals surface area contributed by atoms with Crippen molar-refractivity contribution in [2.45, 2.75) is 13.8 Å². The van der Waals surface area contributed by atoms with Crippen molar-refractivity contribution in [2.75, 3.05) is 6.61 Å². The number of hydrogen-bond acceptors (Lipinski definition) is 4. The molecule has 6 heteroatoms. The fourth-order valence-corrected chi connectivity index (χ4v) is 1.99. The van der Waals surface area contributed by atoms with Crippen LogP contribution >= 0.6 is 0 Å². The zero-order valence-corrected chi connectivity index (χ0v) is 10.8. The van der Waals surface area contributed by atoms with E-state index in [9.17, 15) is 0 Å². The molecule has 0 aromatic carbocycles. The van der Waals surface area contributed by atoms with E-state index >= 15 is 0 Å². The summed E-state index contributed by atoms with van der Waals surface area (Å²) in [7, 11) is 0. The van der Waals surface area contributed by atoms with E-state index in [4.69, 9.17) is 4.74 Å². The van der Waals surface area contributed by atoms with Crippen molar-refractivity contribution < 1.29 is 9.72 Å². The number of aromatic nitrogens is 5. The third-order valence-electron chi connectivity index (χ3n) is 2.81. The lowest BCUT2D eigenvalue weighted by Gasteiger charge is -1.98. The van der Waals surface area contributed by atoms with E-state index in [1.807, 2.05) is 32.1 Å². The highest BCUT2D eigenvalue weighted by Gasteiger charge is 2.20. The lowest BCUT2D eigenvalue weighted by Crippen LogP contribution is -2.03. The van der Waals surface area contributed by atoms with Gasteiger partial charge in [0.25, 0.3) is 5.65 Å². The second kappa shape index (κ2) is 4.64. The van der Waals surface area contributed by atoms with Gasteiger partial charge < -0.3 is 4.74 Å². The highest BCUT2D eigenvalue weighted by molar-refractivity contribution is 6.05. The average Bonchev–Trinajstić information content (AvgIpc) is 2.97. The van der Waals surface area contributed by atoms with Gasteiger partial charge in [0.15, 0.2) is 12.0 Å². The first-order valence-corrected chi connectivity index (χ1v) is 6.12. The Bertz CT molecular complexity index is 758. The van der Waals surface area contributed by atoms with Crippen LogP contribution in [0.25, 0.3) is 28.3 Å². The fourth-order valence-electron chi connectivity index (χ4n) is 1.99. The standard InChI is InChI=1S/C13H13N5O/c1-3-19-8(2)5-4-6-9-11-10-12(16-9)14-7-15-13(10)18-17-11/h4-7H,3H2,1-2H3,(H,14,15,16,17,18)/p+1/b6-4-,8-5+. The molecule has 0 unspecified atom stereocenters. The van der Waals surface area contributed by atoms with Crippen LogP contribution in [0, 0.1) is 0 Å². The van der Waals surface area contributed by atoms with Crippen LogP contribution in [0.4, 0.5) is 0 Å². The van der Waals surface area contributed by atoms with Gasteiger partial charge >= 0.3 is 0 Å². The van der Waals surface area contributed by atoms with E-state index in [-0.39, 0.29) is 0 Å². The molecular weight excluding hydrogens is 242 g/mol. The molecule has 0 atom stereocenters. The lowest BCUT2D eigenvalue weighted by molar-refractivity contribution is -0.351. The molecule has 0 aliphatic heterocycles. The maximum Gasteiger partial charge on any atom is 0.275 e. The van der Waals surface area contributed by atoms with Crippen molar-refractivity contribution in [1.82, 2.24) is 20.2 Å². The molecular formula is C13H14N5O+. The van der Waals surface area contributed by atoms with Crippen LogP contribution in [0.1, 0.15) is 19.5 Å². The topological polar surface area (TPSA) is 77.8 Å². The molecule has 3 rings (SSSR count). The van der Waals surface area contributed by atoms with Crippen molar-refractivity contribution in [3.63, 3.8) is 0 Å². The minimum Gasteiger partial charge on any atom is -0.499 e.